The van der Waals surface area contributed by atoms with Crippen LogP contribution in [-0.2, 0) is 3.07 Å². The Labute approximate surface area is 83.8 Å². The van der Waals surface area contributed by atoms with Crippen LogP contribution in [-0.4, -0.2) is 26.2 Å². The number of hydrogen-bond acceptors (Lipinski definition) is 2. The molecule has 0 aromatic heterocycles. The Hall–Kier alpha value is 0.979. The van der Waals surface area contributed by atoms with E-state index >= 15 is 0 Å². The van der Waals surface area contributed by atoms with Gasteiger partial charge in [0.05, 0.1) is 0 Å². The molecule has 0 saturated carbocycles. The number of rotatable bonds is 7. The summed E-state index contributed by atoms with van der Waals surface area (Å²) in [5.74, 6) is 0.853. The molecular weight excluding hydrogens is 263 g/mol. The van der Waals surface area contributed by atoms with Gasteiger partial charge < -0.3 is 0 Å². The molecule has 0 atom stereocenters. The topological polar surface area (TPSA) is 9.23 Å². The monoisotopic (exact) mass is 281 g/mol. The molecule has 0 fully saturated rings. The van der Waals surface area contributed by atoms with Gasteiger partial charge in [0, 0.05) is 0 Å². The first-order chi connectivity index (χ1) is 5.27. The van der Waals surface area contributed by atoms with Crippen LogP contribution in [0, 0.1) is 5.92 Å². The van der Waals surface area contributed by atoms with Gasteiger partial charge in [0.25, 0.3) is 0 Å². The normalized spacial score (nSPS) is 10.5. The van der Waals surface area contributed by atoms with Gasteiger partial charge in [-0.05, 0) is 0 Å². The first-order valence-corrected chi connectivity index (χ1v) is 9.33. The molecule has 0 aliphatic rings. The maximum absolute atomic E-state index is 5.23. The molecule has 1 nitrogen and oxygen atoms in total. The quantitative estimate of drug-likeness (QED) is 0.524. The van der Waals surface area contributed by atoms with Crippen LogP contribution in [0.3, 0.4) is 0 Å². The van der Waals surface area contributed by atoms with Gasteiger partial charge in [-0.2, -0.15) is 0 Å². The average molecular weight is 280 g/mol. The van der Waals surface area contributed by atoms with Crippen molar-refractivity contribution in [2.75, 3.05) is 6.61 Å². The Balaban J connectivity index is 2.85. The standard InChI is InChI=1S/C8H17O.S.Sn/c1-8(2)6-4-3-5-7-9;;/h8H,3-7H2,1-2H3;;/q-1;;+1. The molecule has 0 heterocycles. The molecule has 3 heteroatoms. The Morgan fingerprint density at radius 1 is 1.27 bits per heavy atom. The third kappa shape index (κ3) is 11.0. The third-order valence-electron chi connectivity index (χ3n) is 1.59. The van der Waals surface area contributed by atoms with E-state index in [0.29, 0.717) is 0 Å². The number of unbranched alkanes of at least 4 members (excludes halogenated alkanes) is 2. The van der Waals surface area contributed by atoms with Crippen molar-refractivity contribution in [3.63, 3.8) is 0 Å². The van der Waals surface area contributed by atoms with Crippen LogP contribution in [0.1, 0.15) is 39.5 Å². The van der Waals surface area contributed by atoms with Gasteiger partial charge in [0.2, 0.25) is 0 Å². The molecule has 0 N–H and O–H groups in total. The van der Waals surface area contributed by atoms with E-state index in [1.165, 1.54) is 25.7 Å². The van der Waals surface area contributed by atoms with Gasteiger partial charge >= 0.3 is 84.0 Å². The molecule has 0 aliphatic carbocycles. The van der Waals surface area contributed by atoms with E-state index in [1.807, 2.05) is 0 Å². The summed E-state index contributed by atoms with van der Waals surface area (Å²) in [4.78, 5) is 0. The van der Waals surface area contributed by atoms with Crippen molar-refractivity contribution >= 4 is 28.9 Å². The fourth-order valence-electron chi connectivity index (χ4n) is 0.945. The summed E-state index contributed by atoms with van der Waals surface area (Å²) in [6, 6.07) is 0. The van der Waals surface area contributed by atoms with Crippen molar-refractivity contribution in [2.24, 2.45) is 5.92 Å². The Bertz CT molecular complexity index is 96.1. The molecule has 0 rings (SSSR count). The fourth-order valence-corrected chi connectivity index (χ4v) is 2.15. The zero-order valence-electron chi connectivity index (χ0n) is 7.43. The van der Waals surface area contributed by atoms with Crippen LogP contribution in [0.5, 0.6) is 0 Å². The van der Waals surface area contributed by atoms with Crippen LogP contribution in [0.2, 0.25) is 0 Å². The van der Waals surface area contributed by atoms with Crippen LogP contribution >= 0.6 is 9.29 Å². The predicted octanol–water partition coefficient (Wildman–Crippen LogP) is 2.95. The minimum atomic E-state index is -0.777. The Kier molecular flexibility index (Phi) is 9.88. The number of hydrogen-bond donors (Lipinski definition) is 0. The van der Waals surface area contributed by atoms with E-state index in [2.05, 4.69) is 13.8 Å². The molecule has 65 valence electrons. The molecular formula is C8H17OSSn. The molecule has 0 aromatic rings. The van der Waals surface area contributed by atoms with E-state index in [9.17, 15) is 0 Å². The Morgan fingerprint density at radius 2 is 2.00 bits per heavy atom. The van der Waals surface area contributed by atoms with Crippen molar-refractivity contribution in [1.29, 1.82) is 0 Å². The second-order valence-corrected chi connectivity index (χ2v) is 5.59. The molecule has 0 bridgehead atoms. The van der Waals surface area contributed by atoms with Gasteiger partial charge in [0.1, 0.15) is 0 Å². The molecule has 0 unspecified atom stereocenters. The fraction of sp³-hybridized carbons (Fsp3) is 1.00. The molecule has 11 heavy (non-hydrogen) atoms. The second-order valence-electron chi connectivity index (χ2n) is 3.17. The van der Waals surface area contributed by atoms with Crippen molar-refractivity contribution in [3.05, 3.63) is 0 Å². The first-order valence-electron chi connectivity index (χ1n) is 4.26. The van der Waals surface area contributed by atoms with Crippen molar-refractivity contribution < 1.29 is 3.07 Å². The predicted molar refractivity (Wildman–Crippen MR) is 52.6 cm³/mol. The molecule has 0 aliphatic heterocycles. The van der Waals surface area contributed by atoms with Crippen LogP contribution in [0.4, 0.5) is 0 Å². The van der Waals surface area contributed by atoms with Gasteiger partial charge in [-0.15, -0.1) is 0 Å². The van der Waals surface area contributed by atoms with Crippen LogP contribution in [0.15, 0.2) is 0 Å². The maximum atomic E-state index is 5.23. The van der Waals surface area contributed by atoms with Crippen LogP contribution in [0.25, 0.3) is 0 Å². The zero-order valence-corrected chi connectivity index (χ0v) is 11.1. The second kappa shape index (κ2) is 9.07. The summed E-state index contributed by atoms with van der Waals surface area (Å²) in [5.41, 5.74) is 0. The summed E-state index contributed by atoms with van der Waals surface area (Å²) in [7, 11) is 4.82. The molecule has 1 radical (unpaired) electrons. The zero-order chi connectivity index (χ0) is 8.53. The summed E-state index contributed by atoms with van der Waals surface area (Å²) < 4.78 is 5.23. The van der Waals surface area contributed by atoms with E-state index in [1.54, 1.807) is 0 Å². The van der Waals surface area contributed by atoms with E-state index in [4.69, 9.17) is 12.4 Å². The van der Waals surface area contributed by atoms with Crippen LogP contribution < -0.4 is 0 Å². The van der Waals surface area contributed by atoms with Crippen molar-refractivity contribution in [2.45, 2.75) is 39.5 Å². The van der Waals surface area contributed by atoms with Gasteiger partial charge in [-0.3, -0.25) is 0 Å². The molecule has 0 aromatic carbocycles. The summed E-state index contributed by atoms with van der Waals surface area (Å²) >= 11 is -0.777. The molecule has 0 amide bonds. The van der Waals surface area contributed by atoms with E-state index in [0.717, 1.165) is 12.5 Å². The summed E-state index contributed by atoms with van der Waals surface area (Å²) in [6.45, 7) is 5.47. The third-order valence-corrected chi connectivity index (χ3v) is 3.30. The first kappa shape index (κ1) is 12.0. The van der Waals surface area contributed by atoms with Gasteiger partial charge in [-0.25, -0.2) is 0 Å². The SMILES string of the molecule is CC(C)CCCCC[O][Sn]=[S]. The van der Waals surface area contributed by atoms with E-state index in [-0.39, 0.29) is 0 Å². The average Bonchev–Trinajstić information content (AvgIpc) is 1.96. The molecule has 0 saturated heterocycles. The summed E-state index contributed by atoms with van der Waals surface area (Å²) in [6.07, 6.45) is 5.23. The van der Waals surface area contributed by atoms with E-state index < -0.39 is 19.6 Å². The van der Waals surface area contributed by atoms with Crippen molar-refractivity contribution in [3.8, 4) is 0 Å². The Morgan fingerprint density at radius 3 is 2.55 bits per heavy atom. The molecule has 0 spiro atoms. The van der Waals surface area contributed by atoms with Gasteiger partial charge in [-0.1, -0.05) is 0 Å². The minimum absolute atomic E-state index is 0.777. The van der Waals surface area contributed by atoms with Gasteiger partial charge in [0.15, 0.2) is 0 Å². The van der Waals surface area contributed by atoms with Crippen molar-refractivity contribution in [1.82, 2.24) is 0 Å². The summed E-state index contributed by atoms with van der Waals surface area (Å²) in [5, 5.41) is 0.